The molecule has 2 atom stereocenters. The van der Waals surface area contributed by atoms with Crippen molar-refractivity contribution in [1.29, 1.82) is 0 Å². The molecular formula is C14H26N4. The zero-order chi connectivity index (χ0) is 13.0. The van der Waals surface area contributed by atoms with Crippen LogP contribution in [0.4, 0.5) is 5.82 Å². The van der Waals surface area contributed by atoms with Crippen molar-refractivity contribution >= 4 is 5.82 Å². The first-order valence-electron chi connectivity index (χ1n) is 7.17. The van der Waals surface area contributed by atoms with Crippen LogP contribution in [-0.2, 0) is 7.05 Å². The molecule has 4 heteroatoms. The van der Waals surface area contributed by atoms with Crippen LogP contribution in [0.5, 0.6) is 0 Å². The Morgan fingerprint density at radius 1 is 1.56 bits per heavy atom. The second kappa shape index (κ2) is 6.23. The van der Waals surface area contributed by atoms with Gasteiger partial charge in [-0.2, -0.15) is 5.10 Å². The van der Waals surface area contributed by atoms with Gasteiger partial charge in [0.2, 0.25) is 0 Å². The van der Waals surface area contributed by atoms with E-state index in [0.29, 0.717) is 6.04 Å². The van der Waals surface area contributed by atoms with E-state index in [2.05, 4.69) is 29.2 Å². The summed E-state index contributed by atoms with van der Waals surface area (Å²) >= 11 is 0. The van der Waals surface area contributed by atoms with Crippen LogP contribution in [0.15, 0.2) is 12.3 Å². The van der Waals surface area contributed by atoms with Crippen LogP contribution in [0.1, 0.15) is 33.1 Å². The van der Waals surface area contributed by atoms with E-state index in [1.165, 1.54) is 38.9 Å². The Balaban J connectivity index is 1.86. The summed E-state index contributed by atoms with van der Waals surface area (Å²) in [4.78, 5) is 2.60. The van der Waals surface area contributed by atoms with Crippen molar-refractivity contribution in [2.75, 3.05) is 25.0 Å². The first-order valence-corrected chi connectivity index (χ1v) is 7.17. The number of hydrogen-bond acceptors (Lipinski definition) is 3. The van der Waals surface area contributed by atoms with Crippen molar-refractivity contribution in [3.63, 3.8) is 0 Å². The van der Waals surface area contributed by atoms with Crippen molar-refractivity contribution in [2.45, 2.75) is 39.2 Å². The van der Waals surface area contributed by atoms with Crippen LogP contribution in [0.3, 0.4) is 0 Å². The number of hydrogen-bond donors (Lipinski definition) is 1. The van der Waals surface area contributed by atoms with Crippen LogP contribution >= 0.6 is 0 Å². The number of aromatic nitrogens is 2. The molecule has 1 aromatic heterocycles. The third kappa shape index (κ3) is 3.48. The number of nitrogens with one attached hydrogen (secondary N) is 1. The molecule has 0 bridgehead atoms. The van der Waals surface area contributed by atoms with Gasteiger partial charge in [0.15, 0.2) is 0 Å². The number of rotatable bonds is 5. The molecule has 18 heavy (non-hydrogen) atoms. The highest BCUT2D eigenvalue weighted by Crippen LogP contribution is 2.21. The van der Waals surface area contributed by atoms with Crippen LogP contribution < -0.4 is 5.32 Å². The zero-order valence-electron chi connectivity index (χ0n) is 11.9. The van der Waals surface area contributed by atoms with E-state index in [1.54, 1.807) is 0 Å². The van der Waals surface area contributed by atoms with Gasteiger partial charge >= 0.3 is 0 Å². The summed E-state index contributed by atoms with van der Waals surface area (Å²) < 4.78 is 1.85. The van der Waals surface area contributed by atoms with Crippen LogP contribution in [-0.4, -0.2) is 40.4 Å². The summed E-state index contributed by atoms with van der Waals surface area (Å²) in [7, 11) is 1.96. The summed E-state index contributed by atoms with van der Waals surface area (Å²) in [5.41, 5.74) is 0. The predicted octanol–water partition coefficient (Wildman–Crippen LogP) is 2.34. The number of anilines is 1. The van der Waals surface area contributed by atoms with Crippen LogP contribution in [0.25, 0.3) is 0 Å². The second-order valence-electron chi connectivity index (χ2n) is 5.51. The van der Waals surface area contributed by atoms with Gasteiger partial charge in [-0.3, -0.25) is 4.68 Å². The highest BCUT2D eigenvalue weighted by molar-refractivity contribution is 5.33. The fourth-order valence-corrected chi connectivity index (χ4v) is 2.86. The molecule has 2 unspecified atom stereocenters. The molecule has 0 radical (unpaired) electrons. The van der Waals surface area contributed by atoms with Crippen molar-refractivity contribution in [2.24, 2.45) is 13.0 Å². The smallest absolute Gasteiger partial charge is 0.148 e. The van der Waals surface area contributed by atoms with E-state index in [4.69, 9.17) is 0 Å². The maximum atomic E-state index is 4.39. The first kappa shape index (κ1) is 13.4. The van der Waals surface area contributed by atoms with Crippen molar-refractivity contribution in [1.82, 2.24) is 14.7 Å². The summed E-state index contributed by atoms with van der Waals surface area (Å²) in [6, 6.07) is 2.54. The molecule has 0 amide bonds. The normalized spacial score (nSPS) is 22.9. The highest BCUT2D eigenvalue weighted by atomic mass is 15.3. The molecule has 4 nitrogen and oxygen atoms in total. The molecule has 0 aliphatic carbocycles. The molecule has 1 saturated heterocycles. The zero-order valence-corrected chi connectivity index (χ0v) is 11.9. The maximum Gasteiger partial charge on any atom is 0.148 e. The number of nitrogens with zero attached hydrogens (tertiary/aromatic N) is 3. The predicted molar refractivity (Wildman–Crippen MR) is 75.7 cm³/mol. The largest absolute Gasteiger partial charge is 0.366 e. The van der Waals surface area contributed by atoms with E-state index >= 15 is 0 Å². The topological polar surface area (TPSA) is 33.1 Å². The van der Waals surface area contributed by atoms with Gasteiger partial charge in [-0.05, 0) is 45.2 Å². The summed E-state index contributed by atoms with van der Waals surface area (Å²) in [6.45, 7) is 8.30. The number of piperidine rings is 1. The molecule has 1 aliphatic rings. The Bertz CT molecular complexity index is 358. The molecule has 102 valence electrons. The van der Waals surface area contributed by atoms with Crippen molar-refractivity contribution in [3.8, 4) is 0 Å². The third-order valence-electron chi connectivity index (χ3n) is 3.88. The Morgan fingerprint density at radius 2 is 2.39 bits per heavy atom. The molecular weight excluding hydrogens is 224 g/mol. The number of aryl methyl sites for hydroxylation is 1. The SMILES string of the molecule is CCCN1CCCC(C(C)Nc2ccn(C)n2)C1. The maximum absolute atomic E-state index is 4.39. The Hall–Kier alpha value is -1.03. The highest BCUT2D eigenvalue weighted by Gasteiger charge is 2.24. The van der Waals surface area contributed by atoms with Gasteiger partial charge in [0.1, 0.15) is 5.82 Å². The quantitative estimate of drug-likeness (QED) is 0.871. The minimum atomic E-state index is 0.500. The minimum Gasteiger partial charge on any atom is -0.366 e. The first-order chi connectivity index (χ1) is 8.69. The van der Waals surface area contributed by atoms with Gasteiger partial charge in [-0.1, -0.05) is 6.92 Å². The van der Waals surface area contributed by atoms with Crippen LogP contribution in [0.2, 0.25) is 0 Å². The number of likely N-dealkylation sites (tertiary alicyclic amines) is 1. The molecule has 2 rings (SSSR count). The summed E-state index contributed by atoms with van der Waals surface area (Å²) in [6.07, 6.45) is 5.91. The van der Waals surface area contributed by atoms with Crippen LogP contribution in [0, 0.1) is 5.92 Å². The summed E-state index contributed by atoms with van der Waals surface area (Å²) in [5.74, 6) is 1.74. The van der Waals surface area contributed by atoms with Crippen molar-refractivity contribution < 1.29 is 0 Å². The lowest BCUT2D eigenvalue weighted by molar-refractivity contribution is 0.165. The van der Waals surface area contributed by atoms with E-state index in [9.17, 15) is 0 Å². The van der Waals surface area contributed by atoms with Gasteiger partial charge in [0.05, 0.1) is 0 Å². The molecule has 1 N–H and O–H groups in total. The van der Waals surface area contributed by atoms with E-state index in [-0.39, 0.29) is 0 Å². The average molecular weight is 250 g/mol. The van der Waals surface area contributed by atoms with Gasteiger partial charge in [0.25, 0.3) is 0 Å². The van der Waals surface area contributed by atoms with E-state index in [1.807, 2.05) is 24.0 Å². The second-order valence-corrected chi connectivity index (χ2v) is 5.51. The lowest BCUT2D eigenvalue weighted by Crippen LogP contribution is -2.42. The minimum absolute atomic E-state index is 0.500. The van der Waals surface area contributed by atoms with Gasteiger partial charge in [-0.15, -0.1) is 0 Å². The Labute approximate surface area is 110 Å². The molecule has 2 heterocycles. The Morgan fingerprint density at radius 3 is 3.06 bits per heavy atom. The molecule has 1 fully saturated rings. The standard InChI is InChI=1S/C14H26N4/c1-4-8-18-9-5-6-13(11-18)12(2)15-14-7-10-17(3)16-14/h7,10,12-13H,4-6,8-9,11H2,1-3H3,(H,15,16). The molecule has 0 aromatic carbocycles. The fraction of sp³-hybridized carbons (Fsp3) is 0.786. The van der Waals surface area contributed by atoms with Gasteiger partial charge in [0, 0.05) is 31.9 Å². The summed E-state index contributed by atoms with van der Waals surface area (Å²) in [5, 5.41) is 7.93. The van der Waals surface area contributed by atoms with E-state index in [0.717, 1.165) is 11.7 Å². The third-order valence-corrected chi connectivity index (χ3v) is 3.88. The lowest BCUT2D eigenvalue weighted by atomic mass is 9.91. The molecule has 0 saturated carbocycles. The monoisotopic (exact) mass is 250 g/mol. The Kier molecular flexibility index (Phi) is 4.64. The average Bonchev–Trinajstić information content (AvgIpc) is 2.75. The fourth-order valence-electron chi connectivity index (χ4n) is 2.86. The lowest BCUT2D eigenvalue weighted by Gasteiger charge is -2.35. The molecule has 1 aromatic rings. The van der Waals surface area contributed by atoms with Gasteiger partial charge < -0.3 is 10.2 Å². The van der Waals surface area contributed by atoms with E-state index < -0.39 is 0 Å². The molecule has 1 aliphatic heterocycles. The van der Waals surface area contributed by atoms with Crippen molar-refractivity contribution in [3.05, 3.63) is 12.3 Å². The molecule has 0 spiro atoms. The van der Waals surface area contributed by atoms with Gasteiger partial charge in [-0.25, -0.2) is 0 Å².